The number of ether oxygens (including phenoxy) is 2. The monoisotopic (exact) mass is 266 g/mol. The summed E-state index contributed by atoms with van der Waals surface area (Å²) in [5.74, 6) is 1.69. The van der Waals surface area contributed by atoms with Gasteiger partial charge in [0.1, 0.15) is 21.7 Å². The van der Waals surface area contributed by atoms with Crippen molar-refractivity contribution in [2.24, 2.45) is 0 Å². The van der Waals surface area contributed by atoms with Gasteiger partial charge in [0.15, 0.2) is 5.13 Å². The van der Waals surface area contributed by atoms with Gasteiger partial charge in [0.25, 0.3) is 0 Å². The van der Waals surface area contributed by atoms with Crippen LogP contribution in [0.4, 0.5) is 5.13 Å². The summed E-state index contributed by atoms with van der Waals surface area (Å²) in [5.41, 5.74) is 0.878. The molecule has 98 valence electrons. The molecule has 1 heterocycles. The lowest BCUT2D eigenvalue weighted by atomic mass is 10.3. The van der Waals surface area contributed by atoms with Gasteiger partial charge in [-0.05, 0) is 32.9 Å². The highest BCUT2D eigenvalue weighted by molar-refractivity contribution is 7.22. The SMILES string of the molecule is CCNc1nc2c(OCC)ccc(OCC)c2s1. The van der Waals surface area contributed by atoms with E-state index in [9.17, 15) is 0 Å². The van der Waals surface area contributed by atoms with E-state index in [2.05, 4.69) is 17.2 Å². The van der Waals surface area contributed by atoms with Crippen LogP contribution >= 0.6 is 11.3 Å². The molecule has 0 aliphatic carbocycles. The van der Waals surface area contributed by atoms with E-state index < -0.39 is 0 Å². The number of hydrogen-bond acceptors (Lipinski definition) is 5. The lowest BCUT2D eigenvalue weighted by Crippen LogP contribution is -1.96. The van der Waals surface area contributed by atoms with Gasteiger partial charge >= 0.3 is 0 Å². The summed E-state index contributed by atoms with van der Waals surface area (Å²) in [4.78, 5) is 4.57. The molecule has 0 radical (unpaired) electrons. The van der Waals surface area contributed by atoms with Crippen LogP contribution in [0, 0.1) is 0 Å². The van der Waals surface area contributed by atoms with Crippen LogP contribution in [0.2, 0.25) is 0 Å². The summed E-state index contributed by atoms with van der Waals surface area (Å²) in [6.45, 7) is 8.15. The van der Waals surface area contributed by atoms with E-state index in [0.717, 1.165) is 33.4 Å². The number of benzene rings is 1. The zero-order chi connectivity index (χ0) is 13.0. The van der Waals surface area contributed by atoms with Crippen molar-refractivity contribution in [2.75, 3.05) is 25.1 Å². The van der Waals surface area contributed by atoms with Gasteiger partial charge < -0.3 is 14.8 Å². The number of nitrogens with one attached hydrogen (secondary N) is 1. The van der Waals surface area contributed by atoms with Crippen LogP contribution in [-0.2, 0) is 0 Å². The molecule has 0 bridgehead atoms. The van der Waals surface area contributed by atoms with Crippen molar-refractivity contribution in [2.45, 2.75) is 20.8 Å². The van der Waals surface area contributed by atoms with Crippen molar-refractivity contribution in [3.05, 3.63) is 12.1 Å². The predicted molar refractivity (Wildman–Crippen MR) is 76.1 cm³/mol. The van der Waals surface area contributed by atoms with Gasteiger partial charge in [-0.1, -0.05) is 11.3 Å². The van der Waals surface area contributed by atoms with Crippen LogP contribution in [0.25, 0.3) is 10.2 Å². The summed E-state index contributed by atoms with van der Waals surface area (Å²) in [7, 11) is 0. The lowest BCUT2D eigenvalue weighted by molar-refractivity contribution is 0.336. The van der Waals surface area contributed by atoms with Crippen molar-refractivity contribution in [1.82, 2.24) is 4.98 Å². The molecule has 0 saturated heterocycles. The van der Waals surface area contributed by atoms with E-state index in [1.807, 2.05) is 26.0 Å². The van der Waals surface area contributed by atoms with E-state index in [-0.39, 0.29) is 0 Å². The van der Waals surface area contributed by atoms with E-state index in [1.165, 1.54) is 0 Å². The molecule has 0 saturated carbocycles. The van der Waals surface area contributed by atoms with Crippen LogP contribution in [0.1, 0.15) is 20.8 Å². The smallest absolute Gasteiger partial charge is 0.184 e. The van der Waals surface area contributed by atoms with Crippen molar-refractivity contribution in [3.8, 4) is 11.5 Å². The highest BCUT2D eigenvalue weighted by Crippen LogP contribution is 2.39. The summed E-state index contributed by atoms with van der Waals surface area (Å²) in [6.07, 6.45) is 0. The van der Waals surface area contributed by atoms with Crippen LogP contribution in [0.15, 0.2) is 12.1 Å². The highest BCUT2D eigenvalue weighted by atomic mass is 32.1. The topological polar surface area (TPSA) is 43.4 Å². The van der Waals surface area contributed by atoms with Gasteiger partial charge in [-0.3, -0.25) is 0 Å². The van der Waals surface area contributed by atoms with Gasteiger partial charge in [-0.15, -0.1) is 0 Å². The molecule has 2 aromatic rings. The Morgan fingerprint density at radius 1 is 1.11 bits per heavy atom. The first-order chi connectivity index (χ1) is 8.80. The number of hydrogen-bond donors (Lipinski definition) is 1. The number of fused-ring (bicyclic) bond motifs is 1. The molecule has 2 rings (SSSR count). The summed E-state index contributed by atoms with van der Waals surface area (Å²) in [6, 6.07) is 3.87. The minimum atomic E-state index is 0.636. The molecule has 0 spiro atoms. The second-order valence-corrected chi connectivity index (χ2v) is 4.65. The van der Waals surface area contributed by atoms with Crippen molar-refractivity contribution >= 4 is 26.7 Å². The van der Waals surface area contributed by atoms with Gasteiger partial charge in [0, 0.05) is 6.54 Å². The molecule has 1 aromatic carbocycles. The highest BCUT2D eigenvalue weighted by Gasteiger charge is 2.13. The van der Waals surface area contributed by atoms with E-state index in [1.54, 1.807) is 11.3 Å². The Kier molecular flexibility index (Phi) is 4.25. The molecule has 0 unspecified atom stereocenters. The largest absolute Gasteiger partial charge is 0.492 e. The third-order valence-corrected chi connectivity index (χ3v) is 3.43. The Labute approximate surface area is 111 Å². The summed E-state index contributed by atoms with van der Waals surface area (Å²) >= 11 is 1.60. The van der Waals surface area contributed by atoms with E-state index >= 15 is 0 Å². The third-order valence-electron chi connectivity index (χ3n) is 2.40. The number of thiazole rings is 1. The average Bonchev–Trinajstić information content (AvgIpc) is 2.77. The van der Waals surface area contributed by atoms with Crippen molar-refractivity contribution in [1.29, 1.82) is 0 Å². The van der Waals surface area contributed by atoms with E-state index in [0.29, 0.717) is 13.2 Å². The second kappa shape index (κ2) is 5.91. The zero-order valence-corrected chi connectivity index (χ0v) is 11.8. The maximum Gasteiger partial charge on any atom is 0.184 e. The molecule has 4 nitrogen and oxygen atoms in total. The van der Waals surface area contributed by atoms with Crippen molar-refractivity contribution in [3.63, 3.8) is 0 Å². The Morgan fingerprint density at radius 2 is 1.78 bits per heavy atom. The maximum absolute atomic E-state index is 5.63. The Hall–Kier alpha value is -1.49. The lowest BCUT2D eigenvalue weighted by Gasteiger charge is -2.07. The molecule has 0 aliphatic heterocycles. The molecule has 0 aliphatic rings. The van der Waals surface area contributed by atoms with Gasteiger partial charge in [-0.2, -0.15) is 0 Å². The van der Waals surface area contributed by atoms with E-state index in [4.69, 9.17) is 9.47 Å². The standard InChI is InChI=1S/C13H18N2O2S/c1-4-14-13-15-11-9(16-5-2)7-8-10(17-6-3)12(11)18-13/h7-8H,4-6H2,1-3H3,(H,14,15). The molecule has 18 heavy (non-hydrogen) atoms. The fraction of sp³-hybridized carbons (Fsp3) is 0.462. The molecule has 1 aromatic heterocycles. The molecule has 1 N–H and O–H groups in total. The fourth-order valence-corrected chi connectivity index (χ4v) is 2.75. The zero-order valence-electron chi connectivity index (χ0n) is 10.9. The molecule has 0 fully saturated rings. The molecular formula is C13H18N2O2S. The number of nitrogens with zero attached hydrogens (tertiary/aromatic N) is 1. The van der Waals surface area contributed by atoms with Gasteiger partial charge in [-0.25, -0.2) is 4.98 Å². The van der Waals surface area contributed by atoms with Gasteiger partial charge in [0.05, 0.1) is 13.2 Å². The van der Waals surface area contributed by atoms with Crippen LogP contribution < -0.4 is 14.8 Å². The Morgan fingerprint density at radius 3 is 2.44 bits per heavy atom. The first kappa shape index (κ1) is 13.0. The predicted octanol–water partition coefficient (Wildman–Crippen LogP) is 3.53. The summed E-state index contributed by atoms with van der Waals surface area (Å²) < 4.78 is 12.3. The number of anilines is 1. The minimum absolute atomic E-state index is 0.636. The first-order valence-electron chi connectivity index (χ1n) is 6.23. The second-order valence-electron chi connectivity index (χ2n) is 3.65. The third kappa shape index (κ3) is 2.51. The Balaban J connectivity index is 2.51. The number of rotatable bonds is 6. The average molecular weight is 266 g/mol. The first-order valence-corrected chi connectivity index (χ1v) is 7.04. The maximum atomic E-state index is 5.63. The summed E-state index contributed by atoms with van der Waals surface area (Å²) in [5, 5.41) is 4.14. The number of aromatic nitrogens is 1. The molecule has 0 amide bonds. The molecule has 0 atom stereocenters. The molecule has 5 heteroatoms. The van der Waals surface area contributed by atoms with Crippen molar-refractivity contribution < 1.29 is 9.47 Å². The minimum Gasteiger partial charge on any atom is -0.492 e. The molecular weight excluding hydrogens is 248 g/mol. The van der Waals surface area contributed by atoms with Crippen LogP contribution in [0.5, 0.6) is 11.5 Å². The Bertz CT molecular complexity index is 482. The van der Waals surface area contributed by atoms with Crippen LogP contribution in [0.3, 0.4) is 0 Å². The normalized spacial score (nSPS) is 10.6. The van der Waals surface area contributed by atoms with Gasteiger partial charge in [0.2, 0.25) is 0 Å². The quantitative estimate of drug-likeness (QED) is 0.868. The van der Waals surface area contributed by atoms with Crippen LogP contribution in [-0.4, -0.2) is 24.7 Å². The fourth-order valence-electron chi connectivity index (χ4n) is 1.73.